The number of rotatable bonds is 8. The molecule has 3 N–H and O–H groups in total. The van der Waals surface area contributed by atoms with Gasteiger partial charge in [0.05, 0.1) is 19.8 Å². The van der Waals surface area contributed by atoms with E-state index in [1.165, 1.54) is 25.4 Å². The molecule has 0 radical (unpaired) electrons. The van der Waals surface area contributed by atoms with Crippen molar-refractivity contribution in [2.24, 2.45) is 10.7 Å². The molecule has 1 aromatic heterocycles. The van der Waals surface area contributed by atoms with Gasteiger partial charge in [-0.3, -0.25) is 9.59 Å². The third-order valence-electron chi connectivity index (χ3n) is 3.86. The van der Waals surface area contributed by atoms with E-state index in [0.717, 1.165) is 5.69 Å². The van der Waals surface area contributed by atoms with Crippen LogP contribution in [-0.2, 0) is 17.9 Å². The van der Waals surface area contributed by atoms with E-state index in [1.54, 1.807) is 25.3 Å². The van der Waals surface area contributed by atoms with E-state index in [0.29, 0.717) is 47.9 Å². The fourth-order valence-corrected chi connectivity index (χ4v) is 3.42. The molecule has 1 heterocycles. The number of hydrogen-bond acceptors (Lipinski definition) is 6. The van der Waals surface area contributed by atoms with Crippen LogP contribution in [0, 0.1) is 0 Å². The van der Waals surface area contributed by atoms with Gasteiger partial charge >= 0.3 is 0 Å². The van der Waals surface area contributed by atoms with E-state index in [1.807, 2.05) is 9.95 Å². The van der Waals surface area contributed by atoms with Crippen molar-refractivity contribution in [3.8, 4) is 11.5 Å². The molecule has 0 aliphatic heterocycles. The number of nitrogens with two attached hydrogens (primary N) is 1. The van der Waals surface area contributed by atoms with Gasteiger partial charge < -0.3 is 25.1 Å². The van der Waals surface area contributed by atoms with Crippen LogP contribution in [0.5, 0.6) is 11.5 Å². The van der Waals surface area contributed by atoms with Crippen LogP contribution in [0.15, 0.2) is 28.6 Å². The Labute approximate surface area is 161 Å². The molecule has 2 amide bonds. The molecule has 0 spiro atoms. The molecule has 8 nitrogen and oxygen atoms in total. The van der Waals surface area contributed by atoms with Crippen molar-refractivity contribution in [2.75, 3.05) is 20.8 Å². The number of benzene rings is 1. The zero-order valence-corrected chi connectivity index (χ0v) is 16.5. The number of thiazole rings is 1. The quantitative estimate of drug-likeness (QED) is 0.658. The molecule has 9 heteroatoms. The van der Waals surface area contributed by atoms with Gasteiger partial charge in [-0.1, -0.05) is 0 Å². The molecule has 2 rings (SSSR count). The highest BCUT2D eigenvalue weighted by Crippen LogP contribution is 2.25. The Morgan fingerprint density at radius 1 is 1.30 bits per heavy atom. The van der Waals surface area contributed by atoms with Crippen molar-refractivity contribution in [1.82, 2.24) is 9.88 Å². The van der Waals surface area contributed by atoms with Crippen LogP contribution in [0.4, 0.5) is 0 Å². The molecule has 2 aromatic rings. The topological polar surface area (TPSA) is 108 Å². The first kappa shape index (κ1) is 20.7. The number of amides is 2. The minimum Gasteiger partial charge on any atom is -0.497 e. The van der Waals surface area contributed by atoms with Crippen LogP contribution in [0.25, 0.3) is 0 Å². The van der Waals surface area contributed by atoms with Crippen LogP contribution in [0.1, 0.15) is 29.4 Å². The smallest absolute Gasteiger partial charge is 0.283 e. The van der Waals surface area contributed by atoms with E-state index in [4.69, 9.17) is 15.2 Å². The van der Waals surface area contributed by atoms with Crippen LogP contribution < -0.4 is 25.3 Å². The zero-order chi connectivity index (χ0) is 19.8. The van der Waals surface area contributed by atoms with Gasteiger partial charge in [-0.25, -0.2) is 0 Å². The molecule has 0 aliphatic carbocycles. The molecule has 0 bridgehead atoms. The first-order valence-electron chi connectivity index (χ1n) is 8.43. The molecule has 27 heavy (non-hydrogen) atoms. The van der Waals surface area contributed by atoms with Crippen molar-refractivity contribution >= 4 is 23.2 Å². The van der Waals surface area contributed by atoms with Gasteiger partial charge in [-0.05, 0) is 18.6 Å². The van der Waals surface area contributed by atoms with Gasteiger partial charge in [0.25, 0.3) is 5.91 Å². The number of nitrogens with zero attached hydrogens (tertiary/aromatic N) is 2. The first-order chi connectivity index (χ1) is 13.0. The van der Waals surface area contributed by atoms with Gasteiger partial charge in [-0.2, -0.15) is 4.99 Å². The number of carbonyl (C=O) groups is 2. The maximum Gasteiger partial charge on any atom is 0.283 e. The highest BCUT2D eigenvalue weighted by atomic mass is 32.1. The van der Waals surface area contributed by atoms with Crippen molar-refractivity contribution < 1.29 is 19.1 Å². The Hall–Kier alpha value is -2.65. The summed E-state index contributed by atoms with van der Waals surface area (Å²) in [6.45, 7) is 2.96. The van der Waals surface area contributed by atoms with Crippen LogP contribution in [-0.4, -0.2) is 37.1 Å². The molecule has 0 saturated carbocycles. The normalized spacial score (nSPS) is 11.3. The lowest BCUT2D eigenvalue weighted by Gasteiger charge is -2.09. The number of carbonyl (C=O) groups excluding carboxylic acids is 2. The van der Waals surface area contributed by atoms with Gasteiger partial charge in [-0.15, -0.1) is 11.3 Å². The van der Waals surface area contributed by atoms with E-state index < -0.39 is 5.91 Å². The Morgan fingerprint density at radius 2 is 2.07 bits per heavy atom. The summed E-state index contributed by atoms with van der Waals surface area (Å²) in [7, 11) is 3.04. The van der Waals surface area contributed by atoms with Crippen LogP contribution in [0.3, 0.4) is 0 Å². The summed E-state index contributed by atoms with van der Waals surface area (Å²) in [6, 6.07) is 4.96. The Morgan fingerprint density at radius 3 is 2.70 bits per heavy atom. The Balaban J connectivity index is 2.29. The van der Waals surface area contributed by atoms with E-state index in [-0.39, 0.29) is 5.91 Å². The molecule has 1 aromatic carbocycles. The van der Waals surface area contributed by atoms with Crippen molar-refractivity contribution in [2.45, 2.75) is 26.4 Å². The third kappa shape index (κ3) is 5.41. The fraction of sp³-hybridized carbons (Fsp3) is 0.389. The summed E-state index contributed by atoms with van der Waals surface area (Å²) in [4.78, 5) is 28.5. The SMILES string of the molecule is COc1ccc(C(=O)N=c2scc(CN)n2CCCNC(C)=O)c(OC)c1. The summed E-state index contributed by atoms with van der Waals surface area (Å²) >= 11 is 1.35. The fourth-order valence-electron chi connectivity index (χ4n) is 2.48. The maximum absolute atomic E-state index is 12.7. The molecule has 0 unspecified atom stereocenters. The summed E-state index contributed by atoms with van der Waals surface area (Å²) < 4.78 is 12.3. The lowest BCUT2D eigenvalue weighted by Crippen LogP contribution is -2.25. The van der Waals surface area contributed by atoms with E-state index >= 15 is 0 Å². The largest absolute Gasteiger partial charge is 0.497 e. The highest BCUT2D eigenvalue weighted by molar-refractivity contribution is 7.07. The molecule has 0 aliphatic rings. The number of methoxy groups -OCH3 is 2. The number of ether oxygens (including phenoxy) is 2. The maximum atomic E-state index is 12.7. The number of nitrogens with one attached hydrogen (secondary N) is 1. The monoisotopic (exact) mass is 392 g/mol. The first-order valence-corrected chi connectivity index (χ1v) is 9.31. The van der Waals surface area contributed by atoms with Gasteiger partial charge in [0.15, 0.2) is 4.80 Å². The third-order valence-corrected chi connectivity index (χ3v) is 4.77. The second-order valence-corrected chi connectivity index (χ2v) is 6.52. The minimum absolute atomic E-state index is 0.0731. The molecular weight excluding hydrogens is 368 g/mol. The average molecular weight is 392 g/mol. The lowest BCUT2D eigenvalue weighted by atomic mass is 10.2. The summed E-state index contributed by atoms with van der Waals surface area (Å²) in [6.07, 6.45) is 0.705. The molecule has 146 valence electrons. The second kappa shape index (κ2) is 9.89. The van der Waals surface area contributed by atoms with E-state index in [2.05, 4.69) is 10.3 Å². The Bertz CT molecular complexity index is 872. The van der Waals surface area contributed by atoms with Gasteiger partial charge in [0, 0.05) is 43.7 Å². The Kier molecular flexibility index (Phi) is 7.56. The molecular formula is C18H24N4O4S. The van der Waals surface area contributed by atoms with Gasteiger partial charge in [0.1, 0.15) is 11.5 Å². The van der Waals surface area contributed by atoms with Crippen molar-refractivity contribution in [3.63, 3.8) is 0 Å². The number of hydrogen-bond donors (Lipinski definition) is 2. The summed E-state index contributed by atoms with van der Waals surface area (Å²) in [5.41, 5.74) is 7.03. The van der Waals surface area contributed by atoms with Gasteiger partial charge in [0.2, 0.25) is 5.91 Å². The van der Waals surface area contributed by atoms with Crippen LogP contribution in [0.2, 0.25) is 0 Å². The molecule has 0 fully saturated rings. The van der Waals surface area contributed by atoms with Crippen molar-refractivity contribution in [1.29, 1.82) is 0 Å². The second-order valence-electron chi connectivity index (χ2n) is 5.69. The summed E-state index contributed by atoms with van der Waals surface area (Å²) in [5, 5.41) is 4.64. The van der Waals surface area contributed by atoms with Crippen molar-refractivity contribution in [3.05, 3.63) is 39.6 Å². The number of aromatic nitrogens is 1. The average Bonchev–Trinajstić information content (AvgIpc) is 3.05. The molecule has 0 atom stereocenters. The lowest BCUT2D eigenvalue weighted by molar-refractivity contribution is -0.118. The standard InChI is InChI=1S/C18H24N4O4S/c1-12(23)20-7-4-8-22-13(10-19)11-27-18(22)21-17(24)15-6-5-14(25-2)9-16(15)26-3/h5-6,9,11H,4,7-8,10,19H2,1-3H3,(H,20,23). The zero-order valence-electron chi connectivity index (χ0n) is 15.7. The predicted octanol–water partition coefficient (Wildman–Crippen LogP) is 1.29. The van der Waals surface area contributed by atoms with E-state index in [9.17, 15) is 9.59 Å². The van der Waals surface area contributed by atoms with Crippen LogP contribution >= 0.6 is 11.3 Å². The highest BCUT2D eigenvalue weighted by Gasteiger charge is 2.14. The predicted molar refractivity (Wildman–Crippen MR) is 103 cm³/mol. The molecule has 0 saturated heterocycles. The minimum atomic E-state index is -0.407. The summed E-state index contributed by atoms with van der Waals surface area (Å²) in [5.74, 6) is 0.514.